The maximum atomic E-state index is 5.59. The molecule has 0 aliphatic rings. The topological polar surface area (TPSA) is 34.1 Å². The summed E-state index contributed by atoms with van der Waals surface area (Å²) in [7, 11) is 1.80. The molecule has 1 rings (SSSR count). The number of nitrogens with one attached hydrogen (secondary N) is 1. The molecule has 0 radical (unpaired) electrons. The minimum atomic E-state index is 0.278. The average molecular weight is 236 g/mol. The molecule has 1 heterocycles. The van der Waals surface area contributed by atoms with Gasteiger partial charge in [0.05, 0.1) is 6.10 Å². The molecule has 1 aromatic rings. The summed E-state index contributed by atoms with van der Waals surface area (Å²) in [4.78, 5) is 4.16. The second kappa shape index (κ2) is 8.20. The molecular formula is C14H24N2O. The van der Waals surface area contributed by atoms with Crippen molar-refractivity contribution in [3.63, 3.8) is 0 Å². The highest BCUT2D eigenvalue weighted by atomic mass is 16.5. The van der Waals surface area contributed by atoms with Crippen LogP contribution in [0.1, 0.15) is 32.3 Å². The van der Waals surface area contributed by atoms with Crippen molar-refractivity contribution >= 4 is 0 Å². The van der Waals surface area contributed by atoms with E-state index in [1.165, 1.54) is 5.56 Å². The van der Waals surface area contributed by atoms with Crippen molar-refractivity contribution in [3.05, 3.63) is 30.1 Å². The molecule has 0 aliphatic carbocycles. The summed E-state index contributed by atoms with van der Waals surface area (Å²) in [6.07, 6.45) is 7.23. The fourth-order valence-corrected chi connectivity index (χ4v) is 2.14. The van der Waals surface area contributed by atoms with Gasteiger partial charge >= 0.3 is 0 Å². The van der Waals surface area contributed by atoms with Crippen LogP contribution < -0.4 is 5.32 Å². The van der Waals surface area contributed by atoms with E-state index in [1.54, 1.807) is 7.11 Å². The Morgan fingerprint density at radius 3 is 2.76 bits per heavy atom. The third-order valence-electron chi connectivity index (χ3n) is 2.97. The van der Waals surface area contributed by atoms with Crippen molar-refractivity contribution < 1.29 is 4.74 Å². The Balaban J connectivity index is 2.64. The largest absolute Gasteiger partial charge is 0.380 e. The summed E-state index contributed by atoms with van der Waals surface area (Å²) in [6.45, 7) is 5.29. The number of hydrogen-bond donors (Lipinski definition) is 1. The third kappa shape index (κ3) is 4.84. The molecule has 0 spiro atoms. The summed E-state index contributed by atoms with van der Waals surface area (Å²) in [5.41, 5.74) is 1.26. The molecule has 1 aromatic heterocycles. The Labute approximate surface area is 105 Å². The predicted molar refractivity (Wildman–Crippen MR) is 71.1 cm³/mol. The maximum Gasteiger partial charge on any atom is 0.0727 e. The van der Waals surface area contributed by atoms with Crippen molar-refractivity contribution in [1.29, 1.82) is 0 Å². The highest BCUT2D eigenvalue weighted by Gasteiger charge is 2.19. The molecule has 2 unspecified atom stereocenters. The normalized spacial score (nSPS) is 14.5. The van der Waals surface area contributed by atoms with Crippen LogP contribution in [0.15, 0.2) is 24.5 Å². The number of aromatic nitrogens is 1. The van der Waals surface area contributed by atoms with Crippen LogP contribution >= 0.6 is 0 Å². The van der Waals surface area contributed by atoms with E-state index >= 15 is 0 Å². The van der Waals surface area contributed by atoms with Crippen LogP contribution in [0, 0.1) is 0 Å². The molecule has 3 heteroatoms. The first-order chi connectivity index (χ1) is 8.31. The Bertz CT molecular complexity index is 290. The molecule has 0 fully saturated rings. The lowest BCUT2D eigenvalue weighted by Crippen LogP contribution is -2.42. The lowest BCUT2D eigenvalue weighted by molar-refractivity contribution is 0.0614. The van der Waals surface area contributed by atoms with Gasteiger partial charge in [0, 0.05) is 25.5 Å². The molecule has 0 aromatic carbocycles. The number of rotatable bonds is 8. The summed E-state index contributed by atoms with van der Waals surface area (Å²) >= 11 is 0. The first-order valence-corrected chi connectivity index (χ1v) is 6.46. The van der Waals surface area contributed by atoms with E-state index in [-0.39, 0.29) is 6.10 Å². The van der Waals surface area contributed by atoms with Gasteiger partial charge in [0.25, 0.3) is 0 Å². The van der Waals surface area contributed by atoms with Crippen LogP contribution in [0.5, 0.6) is 0 Å². The van der Waals surface area contributed by atoms with E-state index in [4.69, 9.17) is 4.74 Å². The first kappa shape index (κ1) is 14.1. The minimum absolute atomic E-state index is 0.278. The zero-order valence-electron chi connectivity index (χ0n) is 11.1. The summed E-state index contributed by atoms with van der Waals surface area (Å²) in [5.74, 6) is 0. The molecule has 17 heavy (non-hydrogen) atoms. The number of methoxy groups -OCH3 is 1. The minimum Gasteiger partial charge on any atom is -0.380 e. The Morgan fingerprint density at radius 1 is 1.41 bits per heavy atom. The van der Waals surface area contributed by atoms with Gasteiger partial charge in [-0.15, -0.1) is 0 Å². The van der Waals surface area contributed by atoms with Crippen LogP contribution in [0.25, 0.3) is 0 Å². The molecule has 0 aliphatic heterocycles. The number of nitrogens with zero attached hydrogens (tertiary/aromatic N) is 1. The molecule has 1 N–H and O–H groups in total. The lowest BCUT2D eigenvalue weighted by atomic mass is 9.99. The molecule has 0 saturated carbocycles. The van der Waals surface area contributed by atoms with Crippen LogP contribution in [0.4, 0.5) is 0 Å². The molecule has 0 bridgehead atoms. The van der Waals surface area contributed by atoms with Gasteiger partial charge in [0.2, 0.25) is 0 Å². The van der Waals surface area contributed by atoms with E-state index in [0.29, 0.717) is 6.04 Å². The maximum absolute atomic E-state index is 5.59. The van der Waals surface area contributed by atoms with E-state index in [2.05, 4.69) is 30.2 Å². The summed E-state index contributed by atoms with van der Waals surface area (Å²) in [6, 6.07) is 4.48. The monoisotopic (exact) mass is 236 g/mol. The average Bonchev–Trinajstić information content (AvgIpc) is 2.37. The van der Waals surface area contributed by atoms with E-state index in [1.807, 2.05) is 18.5 Å². The fraction of sp³-hybridized carbons (Fsp3) is 0.643. The van der Waals surface area contributed by atoms with E-state index in [0.717, 1.165) is 25.8 Å². The number of likely N-dealkylation sites (N-methyl/N-ethyl adjacent to an activating group) is 1. The summed E-state index contributed by atoms with van der Waals surface area (Å²) < 4.78 is 5.59. The fourth-order valence-electron chi connectivity index (χ4n) is 2.14. The second-order valence-corrected chi connectivity index (χ2v) is 4.29. The van der Waals surface area contributed by atoms with Crippen molar-refractivity contribution in [2.45, 2.75) is 45.3 Å². The van der Waals surface area contributed by atoms with Gasteiger partial charge in [-0.05, 0) is 31.0 Å². The first-order valence-electron chi connectivity index (χ1n) is 6.46. The van der Waals surface area contributed by atoms with Crippen LogP contribution in [0.2, 0.25) is 0 Å². The van der Waals surface area contributed by atoms with Crippen LogP contribution in [0.3, 0.4) is 0 Å². The van der Waals surface area contributed by atoms with Gasteiger partial charge in [-0.1, -0.05) is 26.3 Å². The highest BCUT2D eigenvalue weighted by Crippen LogP contribution is 2.11. The molecule has 0 saturated heterocycles. The Kier molecular flexibility index (Phi) is 6.82. The van der Waals surface area contributed by atoms with Crippen molar-refractivity contribution in [2.75, 3.05) is 13.7 Å². The molecule has 96 valence electrons. The predicted octanol–water partition coefficient (Wildman–Crippen LogP) is 2.42. The quantitative estimate of drug-likeness (QED) is 0.752. The van der Waals surface area contributed by atoms with E-state index in [9.17, 15) is 0 Å². The zero-order chi connectivity index (χ0) is 12.5. The second-order valence-electron chi connectivity index (χ2n) is 4.29. The number of hydrogen-bond acceptors (Lipinski definition) is 3. The van der Waals surface area contributed by atoms with Gasteiger partial charge in [-0.25, -0.2) is 0 Å². The summed E-state index contributed by atoms with van der Waals surface area (Å²) in [5, 5.41) is 3.51. The Morgan fingerprint density at radius 2 is 2.24 bits per heavy atom. The molecule has 2 atom stereocenters. The molecule has 3 nitrogen and oxygen atoms in total. The van der Waals surface area contributed by atoms with Crippen LogP contribution in [-0.2, 0) is 11.2 Å². The zero-order valence-corrected chi connectivity index (χ0v) is 11.1. The van der Waals surface area contributed by atoms with Gasteiger partial charge < -0.3 is 10.1 Å². The van der Waals surface area contributed by atoms with Crippen molar-refractivity contribution in [2.24, 2.45) is 0 Å². The van der Waals surface area contributed by atoms with Crippen molar-refractivity contribution in [1.82, 2.24) is 10.3 Å². The van der Waals surface area contributed by atoms with Gasteiger partial charge in [0.1, 0.15) is 0 Å². The number of ether oxygens (including phenoxy) is 1. The van der Waals surface area contributed by atoms with Gasteiger partial charge in [-0.3, -0.25) is 4.98 Å². The van der Waals surface area contributed by atoms with Crippen LogP contribution in [-0.4, -0.2) is 30.8 Å². The smallest absolute Gasteiger partial charge is 0.0727 e. The van der Waals surface area contributed by atoms with E-state index < -0.39 is 0 Å². The van der Waals surface area contributed by atoms with Gasteiger partial charge in [0.15, 0.2) is 0 Å². The lowest BCUT2D eigenvalue weighted by Gasteiger charge is -2.26. The molecule has 0 amide bonds. The van der Waals surface area contributed by atoms with Gasteiger partial charge in [-0.2, -0.15) is 0 Å². The van der Waals surface area contributed by atoms with Crippen molar-refractivity contribution in [3.8, 4) is 0 Å². The highest BCUT2D eigenvalue weighted by molar-refractivity contribution is 5.10. The SMILES string of the molecule is CCCC(OC)C(Cc1cccnc1)NCC. The Hall–Kier alpha value is -0.930. The standard InChI is InChI=1S/C14H24N2O/c1-4-7-14(17-3)13(16-5-2)10-12-8-6-9-15-11-12/h6,8-9,11,13-14,16H,4-5,7,10H2,1-3H3. The number of pyridine rings is 1. The molecular weight excluding hydrogens is 212 g/mol. The third-order valence-corrected chi connectivity index (χ3v) is 2.97.